The van der Waals surface area contributed by atoms with Gasteiger partial charge in [0.15, 0.2) is 5.75 Å². The number of aryl methyl sites for hydroxylation is 1. The fraction of sp³-hybridized carbons (Fsp3) is 0.158. The molecule has 5 nitrogen and oxygen atoms in total. The second-order valence-corrected chi connectivity index (χ2v) is 5.42. The quantitative estimate of drug-likeness (QED) is 0.740. The molecule has 0 radical (unpaired) electrons. The molecule has 0 aliphatic heterocycles. The average molecular weight is 323 g/mol. The number of carbonyl (C=O) groups excluding carboxylic acids is 1. The Morgan fingerprint density at radius 1 is 1.04 bits per heavy atom. The molecule has 0 fully saturated rings. The van der Waals surface area contributed by atoms with E-state index in [1.807, 2.05) is 38.1 Å². The Balaban J connectivity index is 2.07. The first-order valence-corrected chi connectivity index (χ1v) is 7.67. The summed E-state index contributed by atoms with van der Waals surface area (Å²) in [5.74, 6) is -1.36. The van der Waals surface area contributed by atoms with Gasteiger partial charge in [-0.2, -0.15) is 0 Å². The van der Waals surface area contributed by atoms with Crippen LogP contribution >= 0.6 is 0 Å². The SMILES string of the molecule is CCn1c(C)c(OC(=O)c2ccccc2C(=O)O)c2ccccc21. The van der Waals surface area contributed by atoms with E-state index in [9.17, 15) is 14.7 Å². The topological polar surface area (TPSA) is 68.5 Å². The first-order valence-electron chi connectivity index (χ1n) is 7.67. The third kappa shape index (κ3) is 2.54. The van der Waals surface area contributed by atoms with E-state index in [2.05, 4.69) is 4.57 Å². The summed E-state index contributed by atoms with van der Waals surface area (Å²) in [7, 11) is 0. The lowest BCUT2D eigenvalue weighted by molar-refractivity contribution is 0.0668. The highest BCUT2D eigenvalue weighted by atomic mass is 16.5. The number of rotatable bonds is 4. The van der Waals surface area contributed by atoms with Crippen molar-refractivity contribution in [3.63, 3.8) is 0 Å². The summed E-state index contributed by atoms with van der Waals surface area (Å²) in [6.07, 6.45) is 0. The third-order valence-corrected chi connectivity index (χ3v) is 4.06. The van der Waals surface area contributed by atoms with Crippen molar-refractivity contribution in [1.82, 2.24) is 4.57 Å². The molecule has 0 aliphatic carbocycles. The van der Waals surface area contributed by atoms with Crippen molar-refractivity contribution in [2.24, 2.45) is 0 Å². The number of carbonyl (C=O) groups is 2. The van der Waals surface area contributed by atoms with Crippen molar-refractivity contribution < 1.29 is 19.4 Å². The Kier molecular flexibility index (Phi) is 4.08. The van der Waals surface area contributed by atoms with E-state index < -0.39 is 11.9 Å². The van der Waals surface area contributed by atoms with Crippen LogP contribution in [0.1, 0.15) is 33.3 Å². The average Bonchev–Trinajstić information content (AvgIpc) is 2.86. The number of carboxylic acids is 1. The van der Waals surface area contributed by atoms with Gasteiger partial charge in [-0.25, -0.2) is 9.59 Å². The molecule has 122 valence electrons. The zero-order valence-electron chi connectivity index (χ0n) is 13.4. The molecule has 1 aromatic heterocycles. The Labute approximate surface area is 139 Å². The smallest absolute Gasteiger partial charge is 0.344 e. The summed E-state index contributed by atoms with van der Waals surface area (Å²) in [4.78, 5) is 23.8. The van der Waals surface area contributed by atoms with Crippen molar-refractivity contribution in [2.75, 3.05) is 0 Å². The number of fused-ring (bicyclic) bond motifs is 1. The fourth-order valence-corrected chi connectivity index (χ4v) is 2.93. The van der Waals surface area contributed by atoms with Crippen molar-refractivity contribution in [2.45, 2.75) is 20.4 Å². The largest absolute Gasteiger partial charge is 0.478 e. The van der Waals surface area contributed by atoms with E-state index in [0.717, 1.165) is 23.1 Å². The molecule has 0 atom stereocenters. The van der Waals surface area contributed by atoms with E-state index in [1.54, 1.807) is 12.1 Å². The van der Waals surface area contributed by atoms with Gasteiger partial charge in [-0.15, -0.1) is 0 Å². The summed E-state index contributed by atoms with van der Waals surface area (Å²) in [6.45, 7) is 4.65. The van der Waals surface area contributed by atoms with Crippen LogP contribution in [0.15, 0.2) is 48.5 Å². The number of esters is 1. The highest BCUT2D eigenvalue weighted by molar-refractivity contribution is 6.04. The fourth-order valence-electron chi connectivity index (χ4n) is 2.93. The van der Waals surface area contributed by atoms with E-state index in [-0.39, 0.29) is 11.1 Å². The molecule has 0 spiro atoms. The number of hydrogen-bond donors (Lipinski definition) is 1. The molecule has 0 saturated heterocycles. The number of ether oxygens (including phenoxy) is 1. The molecule has 0 bridgehead atoms. The van der Waals surface area contributed by atoms with Gasteiger partial charge in [-0.3, -0.25) is 0 Å². The Morgan fingerprint density at radius 3 is 2.33 bits per heavy atom. The number of nitrogens with zero attached hydrogens (tertiary/aromatic N) is 1. The first kappa shape index (κ1) is 15.8. The second-order valence-electron chi connectivity index (χ2n) is 5.42. The van der Waals surface area contributed by atoms with Gasteiger partial charge in [-0.05, 0) is 38.1 Å². The molecule has 0 saturated carbocycles. The molecule has 24 heavy (non-hydrogen) atoms. The van der Waals surface area contributed by atoms with Gasteiger partial charge in [0.2, 0.25) is 0 Å². The number of benzene rings is 2. The van der Waals surface area contributed by atoms with E-state index in [1.165, 1.54) is 12.1 Å². The van der Waals surface area contributed by atoms with Gasteiger partial charge in [-0.1, -0.05) is 24.3 Å². The minimum absolute atomic E-state index is 0.0396. The van der Waals surface area contributed by atoms with Crippen LogP contribution in [0, 0.1) is 6.92 Å². The van der Waals surface area contributed by atoms with Gasteiger partial charge >= 0.3 is 11.9 Å². The van der Waals surface area contributed by atoms with Crippen LogP contribution in [0.5, 0.6) is 5.75 Å². The summed E-state index contributed by atoms with van der Waals surface area (Å²) in [5.41, 5.74) is 1.78. The number of aromatic nitrogens is 1. The lowest BCUT2D eigenvalue weighted by atomic mass is 10.1. The predicted octanol–water partition coefficient (Wildman–Crippen LogP) is 3.89. The van der Waals surface area contributed by atoms with Crippen molar-refractivity contribution >= 4 is 22.8 Å². The summed E-state index contributed by atoms with van der Waals surface area (Å²) in [5, 5.41) is 10.1. The monoisotopic (exact) mass is 323 g/mol. The van der Waals surface area contributed by atoms with Crippen LogP contribution in [-0.2, 0) is 6.54 Å². The Bertz CT molecular complexity index is 940. The lowest BCUT2D eigenvalue weighted by Gasteiger charge is -2.08. The minimum atomic E-state index is -1.16. The zero-order valence-corrected chi connectivity index (χ0v) is 13.4. The molecular formula is C19H17NO4. The number of hydrogen-bond acceptors (Lipinski definition) is 3. The normalized spacial score (nSPS) is 10.8. The highest BCUT2D eigenvalue weighted by Crippen LogP contribution is 2.33. The van der Waals surface area contributed by atoms with Crippen LogP contribution in [0.2, 0.25) is 0 Å². The molecular weight excluding hydrogens is 306 g/mol. The van der Waals surface area contributed by atoms with E-state index in [0.29, 0.717) is 5.75 Å². The van der Waals surface area contributed by atoms with E-state index in [4.69, 9.17) is 4.74 Å². The first-order chi connectivity index (χ1) is 11.5. The maximum Gasteiger partial charge on any atom is 0.344 e. The summed E-state index contributed by atoms with van der Waals surface area (Å²) >= 11 is 0. The minimum Gasteiger partial charge on any atom is -0.478 e. The van der Waals surface area contributed by atoms with Crippen molar-refractivity contribution in [3.05, 3.63) is 65.4 Å². The van der Waals surface area contributed by atoms with Crippen LogP contribution in [0.4, 0.5) is 0 Å². The lowest BCUT2D eigenvalue weighted by Crippen LogP contribution is -2.14. The molecule has 0 unspecified atom stereocenters. The Morgan fingerprint density at radius 2 is 1.67 bits per heavy atom. The molecule has 0 aliphatic rings. The number of para-hydroxylation sites is 1. The summed E-state index contributed by atoms with van der Waals surface area (Å²) in [6, 6.07) is 13.7. The molecule has 2 aromatic carbocycles. The standard InChI is InChI=1S/C19H17NO4/c1-3-20-12(2)17(15-10-6-7-11-16(15)20)24-19(23)14-9-5-4-8-13(14)18(21)22/h4-11H,3H2,1-2H3,(H,21,22). The summed E-state index contributed by atoms with van der Waals surface area (Å²) < 4.78 is 7.65. The highest BCUT2D eigenvalue weighted by Gasteiger charge is 2.21. The van der Waals surface area contributed by atoms with Gasteiger partial charge in [0.05, 0.1) is 22.3 Å². The molecule has 5 heteroatoms. The van der Waals surface area contributed by atoms with Crippen LogP contribution in [-0.4, -0.2) is 21.6 Å². The van der Waals surface area contributed by atoms with Crippen molar-refractivity contribution in [1.29, 1.82) is 0 Å². The van der Waals surface area contributed by atoms with Crippen LogP contribution < -0.4 is 4.74 Å². The van der Waals surface area contributed by atoms with Gasteiger partial charge < -0.3 is 14.4 Å². The molecule has 0 amide bonds. The van der Waals surface area contributed by atoms with Crippen LogP contribution in [0.3, 0.4) is 0 Å². The van der Waals surface area contributed by atoms with Gasteiger partial charge in [0.25, 0.3) is 0 Å². The number of carboxylic acid groups (broad SMARTS) is 1. The molecule has 3 rings (SSSR count). The molecule has 3 aromatic rings. The van der Waals surface area contributed by atoms with Gasteiger partial charge in [0, 0.05) is 11.9 Å². The Hall–Kier alpha value is -3.08. The maximum absolute atomic E-state index is 12.5. The zero-order chi connectivity index (χ0) is 17.3. The molecule has 1 N–H and O–H groups in total. The molecule has 1 heterocycles. The second kappa shape index (κ2) is 6.20. The maximum atomic E-state index is 12.5. The van der Waals surface area contributed by atoms with Crippen LogP contribution in [0.25, 0.3) is 10.9 Å². The number of aromatic carboxylic acids is 1. The third-order valence-electron chi connectivity index (χ3n) is 4.06. The van der Waals surface area contributed by atoms with Crippen molar-refractivity contribution in [3.8, 4) is 5.75 Å². The van der Waals surface area contributed by atoms with Gasteiger partial charge in [0.1, 0.15) is 0 Å². The van der Waals surface area contributed by atoms with E-state index >= 15 is 0 Å². The predicted molar refractivity (Wildman–Crippen MR) is 90.7 cm³/mol.